The maximum absolute atomic E-state index is 6.69. The predicted octanol–water partition coefficient (Wildman–Crippen LogP) is 9.87. The Morgan fingerprint density at radius 2 is 1.03 bits per heavy atom. The average molecular weight is 492 g/mol. The van der Waals surface area contributed by atoms with E-state index in [0.717, 1.165) is 6.42 Å². The molecule has 1 unspecified atom stereocenters. The van der Waals surface area contributed by atoms with E-state index in [1.165, 1.54) is 77.5 Å². The molecule has 2 aliphatic rings. The molecule has 2 radical (unpaired) electrons. The molecule has 0 bridgehead atoms. The summed E-state index contributed by atoms with van der Waals surface area (Å²) < 4.78 is 0. The normalized spacial score (nSPS) is 15.1. The zero-order valence-electron chi connectivity index (χ0n) is 21.6. The fourth-order valence-electron chi connectivity index (χ4n) is 6.82. The van der Waals surface area contributed by atoms with Crippen molar-refractivity contribution >= 4 is 24.2 Å². The lowest BCUT2D eigenvalue weighted by Gasteiger charge is -2.23. The summed E-state index contributed by atoms with van der Waals surface area (Å²) in [6.45, 7) is 0. The Kier molecular flexibility index (Phi) is 5.00. The van der Waals surface area contributed by atoms with Gasteiger partial charge in [-0.3, -0.25) is 0 Å². The number of fused-ring (bicyclic) bond motifs is 4. The van der Waals surface area contributed by atoms with E-state index in [4.69, 9.17) is 7.85 Å². The summed E-state index contributed by atoms with van der Waals surface area (Å²) in [7, 11) is 6.69. The van der Waals surface area contributed by atoms with Crippen LogP contribution in [0.3, 0.4) is 0 Å². The Hall–Kier alpha value is -4.62. The summed E-state index contributed by atoms with van der Waals surface area (Å²) in [5, 5.41) is 2.56. The van der Waals surface area contributed by atoms with Gasteiger partial charge in [0.15, 0.2) is 0 Å². The monoisotopic (exact) mass is 492 g/mol. The minimum Gasteiger partial charge on any atom is -0.0761 e. The first-order chi connectivity index (χ1) is 19.3. The third-order valence-corrected chi connectivity index (χ3v) is 8.44. The standard InChI is InChI=1S/C38H25B/c39-33-23-22-32-35-30(33)20-11-21-31(35)37-34(25-14-5-2-6-15-25)28-18-9-10-19-29(28)36(38(32)37)27-17-8-7-16-26(27)24-12-3-1-4-13-24/h1-22,33H,23H2. The number of hydrogen-bond acceptors (Lipinski definition) is 0. The molecule has 0 aromatic heterocycles. The lowest BCUT2D eigenvalue weighted by Crippen LogP contribution is -2.06. The second-order valence-electron chi connectivity index (χ2n) is 10.6. The van der Waals surface area contributed by atoms with Gasteiger partial charge in [0.25, 0.3) is 0 Å². The molecule has 8 rings (SSSR count). The van der Waals surface area contributed by atoms with Crippen LogP contribution in [0.1, 0.15) is 28.9 Å². The second-order valence-corrected chi connectivity index (χ2v) is 10.6. The van der Waals surface area contributed by atoms with Crippen molar-refractivity contribution < 1.29 is 0 Å². The van der Waals surface area contributed by atoms with Crippen molar-refractivity contribution in [1.29, 1.82) is 0 Å². The molecule has 1 atom stereocenters. The van der Waals surface area contributed by atoms with Crippen LogP contribution >= 0.6 is 0 Å². The first-order valence-electron chi connectivity index (χ1n) is 13.7. The van der Waals surface area contributed by atoms with E-state index in [9.17, 15) is 0 Å². The van der Waals surface area contributed by atoms with E-state index in [1.807, 2.05) is 0 Å². The van der Waals surface area contributed by atoms with Crippen LogP contribution in [-0.4, -0.2) is 7.85 Å². The second kappa shape index (κ2) is 8.71. The molecule has 0 nitrogen and oxygen atoms in total. The van der Waals surface area contributed by atoms with Gasteiger partial charge in [0.2, 0.25) is 0 Å². The largest absolute Gasteiger partial charge is 0.0768 e. The van der Waals surface area contributed by atoms with Crippen LogP contribution in [0.2, 0.25) is 0 Å². The van der Waals surface area contributed by atoms with Gasteiger partial charge in [-0.05, 0) is 89.8 Å². The fraction of sp³-hybridized carbons (Fsp3) is 0.0526. The molecular formula is C38H25B. The van der Waals surface area contributed by atoms with Crippen LogP contribution < -0.4 is 0 Å². The number of benzene rings is 6. The highest BCUT2D eigenvalue weighted by molar-refractivity contribution is 6.23. The topological polar surface area (TPSA) is 0 Å². The lowest BCUT2D eigenvalue weighted by molar-refractivity contribution is 0.937. The third kappa shape index (κ3) is 3.26. The van der Waals surface area contributed by atoms with Gasteiger partial charge >= 0.3 is 0 Å². The average Bonchev–Trinajstić information content (AvgIpc) is 3.33. The fourth-order valence-corrected chi connectivity index (χ4v) is 6.82. The molecule has 1 heteroatoms. The molecule has 6 aromatic rings. The van der Waals surface area contributed by atoms with E-state index < -0.39 is 0 Å². The molecule has 2 aliphatic carbocycles. The van der Waals surface area contributed by atoms with Crippen molar-refractivity contribution in [2.75, 3.05) is 0 Å². The zero-order chi connectivity index (χ0) is 25.9. The first kappa shape index (κ1) is 22.4. The summed E-state index contributed by atoms with van der Waals surface area (Å²) in [5.41, 5.74) is 15.5. The number of hydrogen-bond donors (Lipinski definition) is 0. The van der Waals surface area contributed by atoms with E-state index in [2.05, 4.69) is 133 Å². The van der Waals surface area contributed by atoms with Gasteiger partial charge in [-0.2, -0.15) is 0 Å². The number of allylic oxidation sites excluding steroid dienone is 1. The van der Waals surface area contributed by atoms with Crippen molar-refractivity contribution in [2.24, 2.45) is 0 Å². The highest BCUT2D eigenvalue weighted by Gasteiger charge is 2.35. The molecule has 0 saturated heterocycles. The van der Waals surface area contributed by atoms with Crippen LogP contribution in [0, 0.1) is 0 Å². The van der Waals surface area contributed by atoms with Crippen LogP contribution in [0.25, 0.3) is 60.9 Å². The van der Waals surface area contributed by atoms with Crippen LogP contribution in [0.4, 0.5) is 0 Å². The molecule has 0 aliphatic heterocycles. The Morgan fingerprint density at radius 3 is 1.77 bits per heavy atom. The van der Waals surface area contributed by atoms with Crippen molar-refractivity contribution in [3.05, 3.63) is 150 Å². The van der Waals surface area contributed by atoms with Gasteiger partial charge in [0.05, 0.1) is 7.85 Å². The third-order valence-electron chi connectivity index (χ3n) is 8.44. The highest BCUT2D eigenvalue weighted by atomic mass is 14.4. The molecule has 0 fully saturated rings. The van der Waals surface area contributed by atoms with E-state index in [-0.39, 0.29) is 5.82 Å². The van der Waals surface area contributed by atoms with Gasteiger partial charge in [-0.15, -0.1) is 0 Å². The van der Waals surface area contributed by atoms with Crippen molar-refractivity contribution in [1.82, 2.24) is 0 Å². The van der Waals surface area contributed by atoms with Crippen LogP contribution in [0.15, 0.2) is 133 Å². The Labute approximate surface area is 230 Å². The van der Waals surface area contributed by atoms with E-state index in [1.54, 1.807) is 0 Å². The van der Waals surface area contributed by atoms with E-state index >= 15 is 0 Å². The molecule has 0 spiro atoms. The van der Waals surface area contributed by atoms with Crippen LogP contribution in [-0.2, 0) is 0 Å². The summed E-state index contributed by atoms with van der Waals surface area (Å²) >= 11 is 0. The molecule has 180 valence electrons. The minimum absolute atomic E-state index is 0.0210. The molecule has 0 heterocycles. The molecule has 0 saturated carbocycles. The predicted molar refractivity (Wildman–Crippen MR) is 166 cm³/mol. The van der Waals surface area contributed by atoms with Crippen molar-refractivity contribution in [3.63, 3.8) is 0 Å². The van der Waals surface area contributed by atoms with Gasteiger partial charge in [-0.1, -0.05) is 133 Å². The maximum Gasteiger partial charge on any atom is 0.0768 e. The molecule has 0 N–H and O–H groups in total. The first-order valence-corrected chi connectivity index (χ1v) is 13.7. The van der Waals surface area contributed by atoms with Gasteiger partial charge in [0.1, 0.15) is 0 Å². The molecule has 6 aromatic carbocycles. The Balaban J connectivity index is 1.59. The zero-order valence-corrected chi connectivity index (χ0v) is 21.6. The highest BCUT2D eigenvalue weighted by Crippen LogP contribution is 2.58. The maximum atomic E-state index is 6.69. The summed E-state index contributed by atoms with van der Waals surface area (Å²) in [4.78, 5) is 0. The summed E-state index contributed by atoms with van der Waals surface area (Å²) in [5.74, 6) is 0.0210. The molecule has 0 amide bonds. The van der Waals surface area contributed by atoms with Gasteiger partial charge < -0.3 is 0 Å². The lowest BCUT2D eigenvalue weighted by atomic mass is 9.71. The Morgan fingerprint density at radius 1 is 0.436 bits per heavy atom. The summed E-state index contributed by atoms with van der Waals surface area (Å²) in [6, 6.07) is 46.2. The summed E-state index contributed by atoms with van der Waals surface area (Å²) in [6.07, 6.45) is 3.24. The van der Waals surface area contributed by atoms with Crippen molar-refractivity contribution in [2.45, 2.75) is 12.2 Å². The minimum atomic E-state index is 0.0210. The van der Waals surface area contributed by atoms with Gasteiger partial charge in [-0.25, -0.2) is 0 Å². The molecule has 39 heavy (non-hydrogen) atoms. The number of rotatable bonds is 3. The van der Waals surface area contributed by atoms with Crippen molar-refractivity contribution in [3.8, 4) is 44.5 Å². The molecular weight excluding hydrogens is 467 g/mol. The van der Waals surface area contributed by atoms with Gasteiger partial charge in [0, 0.05) is 0 Å². The van der Waals surface area contributed by atoms with E-state index in [0.29, 0.717) is 0 Å². The quantitative estimate of drug-likeness (QED) is 0.215. The van der Waals surface area contributed by atoms with Crippen LogP contribution in [0.5, 0.6) is 0 Å². The SMILES string of the molecule is [B]C1CC=C2c3c(cccc31)-c1c2c(-c2ccccc2-c2ccccc2)c2ccccc2c1-c1ccccc1. The Bertz CT molecular complexity index is 1930. The smallest absolute Gasteiger partial charge is 0.0761 e.